The Balaban J connectivity index is 1.69. The molecule has 0 saturated carbocycles. The summed E-state index contributed by atoms with van der Waals surface area (Å²) in [7, 11) is 5.65. The predicted molar refractivity (Wildman–Crippen MR) is 131 cm³/mol. The number of hydrogen-bond donors (Lipinski definition) is 0. The van der Waals surface area contributed by atoms with Gasteiger partial charge in [-0.1, -0.05) is 12.5 Å². The maximum absolute atomic E-state index is 5.70. The number of nitrogens with zero attached hydrogens (tertiary/aromatic N) is 5. The van der Waals surface area contributed by atoms with Crippen molar-refractivity contribution in [3.63, 3.8) is 0 Å². The summed E-state index contributed by atoms with van der Waals surface area (Å²) in [5, 5.41) is 0. The average molecular weight is 448 g/mol. The van der Waals surface area contributed by atoms with Crippen molar-refractivity contribution in [3.8, 4) is 22.6 Å². The van der Waals surface area contributed by atoms with Crippen LogP contribution in [0.3, 0.4) is 0 Å². The van der Waals surface area contributed by atoms with Crippen LogP contribution in [0.4, 0.5) is 5.95 Å². The van der Waals surface area contributed by atoms with E-state index in [-0.39, 0.29) is 6.04 Å². The van der Waals surface area contributed by atoms with E-state index in [0.717, 1.165) is 53.8 Å². The topological polar surface area (TPSA) is 63.6 Å². The van der Waals surface area contributed by atoms with E-state index in [1.54, 1.807) is 7.11 Å². The predicted octanol–water partition coefficient (Wildman–Crippen LogP) is 4.74. The van der Waals surface area contributed by atoms with Crippen molar-refractivity contribution in [2.75, 3.05) is 39.3 Å². The number of likely N-dealkylation sites (tertiary alicyclic amines) is 1. The number of hydrogen-bond acceptors (Lipinski definition) is 7. The second-order valence-electron chi connectivity index (χ2n) is 8.50. The molecule has 3 aromatic rings. The highest BCUT2D eigenvalue weighted by molar-refractivity contribution is 5.66. The molecule has 0 aliphatic carbocycles. The molecule has 1 aliphatic rings. The van der Waals surface area contributed by atoms with E-state index < -0.39 is 0 Å². The Morgan fingerprint density at radius 3 is 2.64 bits per heavy atom. The van der Waals surface area contributed by atoms with Gasteiger partial charge in [0.1, 0.15) is 0 Å². The summed E-state index contributed by atoms with van der Waals surface area (Å²) in [4.78, 5) is 18.3. The average Bonchev–Trinajstić information content (AvgIpc) is 2.85. The summed E-state index contributed by atoms with van der Waals surface area (Å²) in [5.41, 5.74) is 4.45. The van der Waals surface area contributed by atoms with Crippen molar-refractivity contribution in [3.05, 3.63) is 60.2 Å². The fourth-order valence-electron chi connectivity index (χ4n) is 4.42. The third-order valence-corrected chi connectivity index (χ3v) is 6.04. The Bertz CT molecular complexity index is 1060. The van der Waals surface area contributed by atoms with Crippen LogP contribution in [-0.4, -0.2) is 54.2 Å². The highest BCUT2D eigenvalue weighted by Gasteiger charge is 2.29. The van der Waals surface area contributed by atoms with Gasteiger partial charge in [-0.25, -0.2) is 9.97 Å². The normalized spacial score (nSPS) is 16.4. The Labute approximate surface area is 196 Å². The summed E-state index contributed by atoms with van der Waals surface area (Å²) in [6, 6.07) is 10.5. The number of ether oxygens (including phenoxy) is 2. The smallest absolute Gasteiger partial charge is 0.225 e. The molecule has 33 heavy (non-hydrogen) atoms. The maximum atomic E-state index is 5.70. The van der Waals surface area contributed by atoms with Crippen molar-refractivity contribution < 1.29 is 9.47 Å². The molecule has 4 rings (SSSR count). The zero-order chi connectivity index (χ0) is 23.2. The van der Waals surface area contributed by atoms with E-state index in [0.29, 0.717) is 6.61 Å². The van der Waals surface area contributed by atoms with Gasteiger partial charge in [0.2, 0.25) is 5.95 Å². The van der Waals surface area contributed by atoms with Gasteiger partial charge in [-0.2, -0.15) is 0 Å². The first-order valence-corrected chi connectivity index (χ1v) is 11.6. The highest BCUT2D eigenvalue weighted by Crippen LogP contribution is 2.38. The largest absolute Gasteiger partial charge is 0.493 e. The van der Waals surface area contributed by atoms with Gasteiger partial charge in [-0.3, -0.25) is 9.88 Å². The maximum Gasteiger partial charge on any atom is 0.225 e. The molecule has 1 aliphatic heterocycles. The van der Waals surface area contributed by atoms with Crippen LogP contribution in [-0.2, 0) is 6.54 Å². The minimum atomic E-state index is 0.209. The fraction of sp³-hybridized carbons (Fsp3) is 0.423. The second-order valence-corrected chi connectivity index (χ2v) is 8.50. The van der Waals surface area contributed by atoms with Crippen LogP contribution < -0.4 is 14.4 Å². The molecular formula is C26H33N5O2. The van der Waals surface area contributed by atoms with Crippen LogP contribution in [0.1, 0.15) is 43.5 Å². The van der Waals surface area contributed by atoms with Crippen molar-refractivity contribution in [1.29, 1.82) is 0 Å². The van der Waals surface area contributed by atoms with Crippen LogP contribution in [0.15, 0.2) is 48.9 Å². The number of aromatic nitrogens is 3. The standard InChI is InChI=1S/C26H33N5O2/c1-5-33-23-10-9-19(16-24(23)32-4)18-31-15-7-6-8-22(31)25-21(20-11-13-27-14-12-20)17-28-26(29-25)30(2)3/h9-14,16-17,22H,5-8,15,18H2,1-4H3/t22-/m0/s1. The molecule has 1 aromatic carbocycles. The van der Waals surface area contributed by atoms with Crippen LogP contribution in [0.2, 0.25) is 0 Å². The molecule has 7 heteroatoms. The summed E-state index contributed by atoms with van der Waals surface area (Å²) in [6.45, 7) is 4.45. The Kier molecular flexibility index (Phi) is 7.40. The number of benzene rings is 1. The second kappa shape index (κ2) is 10.6. The van der Waals surface area contributed by atoms with Crippen LogP contribution >= 0.6 is 0 Å². The quantitative estimate of drug-likeness (QED) is 0.494. The van der Waals surface area contributed by atoms with Gasteiger partial charge in [-0.05, 0) is 61.7 Å². The van der Waals surface area contributed by atoms with Crippen molar-refractivity contribution in [2.45, 2.75) is 38.8 Å². The Hall–Kier alpha value is -3.19. The molecule has 174 valence electrons. The summed E-state index contributed by atoms with van der Waals surface area (Å²) in [6.07, 6.45) is 9.04. The highest BCUT2D eigenvalue weighted by atomic mass is 16.5. The van der Waals surface area contributed by atoms with Crippen LogP contribution in [0.25, 0.3) is 11.1 Å². The van der Waals surface area contributed by atoms with Crippen LogP contribution in [0, 0.1) is 0 Å². The zero-order valence-corrected chi connectivity index (χ0v) is 20.0. The summed E-state index contributed by atoms with van der Waals surface area (Å²) in [5.74, 6) is 2.29. The Morgan fingerprint density at radius 1 is 1.09 bits per heavy atom. The molecule has 7 nitrogen and oxygen atoms in total. The van der Waals surface area contributed by atoms with E-state index >= 15 is 0 Å². The minimum absolute atomic E-state index is 0.209. The molecule has 1 saturated heterocycles. The van der Waals surface area contributed by atoms with E-state index in [4.69, 9.17) is 14.5 Å². The van der Waals surface area contributed by atoms with Crippen LogP contribution in [0.5, 0.6) is 11.5 Å². The molecule has 0 amide bonds. The lowest BCUT2D eigenvalue weighted by atomic mass is 9.93. The molecular weight excluding hydrogens is 414 g/mol. The SMILES string of the molecule is CCOc1ccc(CN2CCCC[C@H]2c2nc(N(C)C)ncc2-c2ccncc2)cc1OC. The molecule has 0 N–H and O–H groups in total. The van der Waals surface area contributed by atoms with Gasteiger partial charge >= 0.3 is 0 Å². The summed E-state index contributed by atoms with van der Waals surface area (Å²) < 4.78 is 11.3. The van der Waals surface area contributed by atoms with Gasteiger partial charge < -0.3 is 14.4 Å². The minimum Gasteiger partial charge on any atom is -0.493 e. The number of methoxy groups -OCH3 is 1. The van der Waals surface area contributed by atoms with Crippen molar-refractivity contribution >= 4 is 5.95 Å². The molecule has 3 heterocycles. The first kappa shape index (κ1) is 23.0. The third-order valence-electron chi connectivity index (χ3n) is 6.04. The van der Waals surface area contributed by atoms with Crippen molar-refractivity contribution in [1.82, 2.24) is 19.9 Å². The lowest BCUT2D eigenvalue weighted by Gasteiger charge is -2.36. The van der Waals surface area contributed by atoms with Gasteiger partial charge in [0.25, 0.3) is 0 Å². The van der Waals surface area contributed by atoms with Gasteiger partial charge in [-0.15, -0.1) is 0 Å². The van der Waals surface area contributed by atoms with Gasteiger partial charge in [0, 0.05) is 44.8 Å². The van der Waals surface area contributed by atoms with E-state index in [1.165, 1.54) is 18.4 Å². The van der Waals surface area contributed by atoms with E-state index in [9.17, 15) is 0 Å². The number of piperidine rings is 1. The van der Waals surface area contributed by atoms with Crippen molar-refractivity contribution in [2.24, 2.45) is 0 Å². The molecule has 0 bridgehead atoms. The number of anilines is 1. The first-order valence-electron chi connectivity index (χ1n) is 11.6. The monoisotopic (exact) mass is 447 g/mol. The van der Waals surface area contributed by atoms with Gasteiger partial charge in [0.15, 0.2) is 11.5 Å². The number of pyridine rings is 1. The molecule has 0 unspecified atom stereocenters. The van der Waals surface area contributed by atoms with E-state index in [1.807, 2.05) is 62.7 Å². The van der Waals surface area contributed by atoms with Gasteiger partial charge in [0.05, 0.1) is 25.5 Å². The molecule has 0 radical (unpaired) electrons. The summed E-state index contributed by atoms with van der Waals surface area (Å²) >= 11 is 0. The zero-order valence-electron chi connectivity index (χ0n) is 20.0. The lowest BCUT2D eigenvalue weighted by molar-refractivity contribution is 0.137. The number of rotatable bonds is 8. The first-order chi connectivity index (χ1) is 16.1. The lowest BCUT2D eigenvalue weighted by Crippen LogP contribution is -2.34. The molecule has 1 atom stereocenters. The fourth-order valence-corrected chi connectivity index (χ4v) is 4.42. The third kappa shape index (κ3) is 5.25. The Morgan fingerprint density at radius 2 is 1.91 bits per heavy atom. The molecule has 0 spiro atoms. The molecule has 2 aromatic heterocycles. The molecule has 1 fully saturated rings. The van der Waals surface area contributed by atoms with E-state index in [2.05, 4.69) is 27.0 Å².